The highest BCUT2D eigenvalue weighted by Gasteiger charge is 2.42. The van der Waals surface area contributed by atoms with Gasteiger partial charge in [-0.25, -0.2) is 4.98 Å². The number of hydrogen-bond donors (Lipinski definition) is 2. The fourth-order valence-corrected chi connectivity index (χ4v) is 4.09. The fraction of sp³-hybridized carbons (Fsp3) is 0.692. The number of fused-ring (bicyclic) bond motifs is 1. The first-order valence-corrected chi connectivity index (χ1v) is 7.75. The first kappa shape index (κ1) is 12.9. The molecule has 0 aromatic carbocycles. The predicted octanol–water partition coefficient (Wildman–Crippen LogP) is 1.38. The highest BCUT2D eigenvalue weighted by Crippen LogP contribution is 2.38. The number of nitrogens with two attached hydrogens (primary N) is 1. The first-order valence-electron chi connectivity index (χ1n) is 6.93. The van der Waals surface area contributed by atoms with E-state index in [9.17, 15) is 4.79 Å². The van der Waals surface area contributed by atoms with Crippen molar-refractivity contribution in [3.05, 3.63) is 11.1 Å². The summed E-state index contributed by atoms with van der Waals surface area (Å²) in [6.45, 7) is 4.53. The van der Waals surface area contributed by atoms with Crippen LogP contribution in [0, 0.1) is 11.8 Å². The minimum absolute atomic E-state index is 0.114. The van der Waals surface area contributed by atoms with Gasteiger partial charge < -0.3 is 16.0 Å². The Bertz CT molecular complexity index is 475. The Balaban J connectivity index is 1.67. The molecule has 1 aromatic rings. The average molecular weight is 280 g/mol. The molecule has 0 radical (unpaired) electrons. The van der Waals surface area contributed by atoms with Crippen molar-refractivity contribution in [2.75, 3.05) is 25.0 Å². The molecule has 19 heavy (non-hydrogen) atoms. The molecule has 104 valence electrons. The van der Waals surface area contributed by atoms with Crippen LogP contribution < -0.4 is 11.1 Å². The zero-order chi connectivity index (χ0) is 13.4. The number of thiazole rings is 1. The van der Waals surface area contributed by atoms with Gasteiger partial charge in [-0.1, -0.05) is 11.3 Å². The summed E-state index contributed by atoms with van der Waals surface area (Å²) in [5.41, 5.74) is 6.11. The van der Waals surface area contributed by atoms with Crippen LogP contribution in [0.3, 0.4) is 0 Å². The smallest absolute Gasteiger partial charge is 0.265 e. The topological polar surface area (TPSA) is 71.2 Å². The van der Waals surface area contributed by atoms with E-state index in [0.717, 1.165) is 36.1 Å². The van der Waals surface area contributed by atoms with Gasteiger partial charge in [-0.3, -0.25) is 4.79 Å². The number of aromatic nitrogens is 1. The molecule has 0 spiro atoms. The number of carbonyl (C=O) groups excluding carboxylic acids is 1. The van der Waals surface area contributed by atoms with Crippen LogP contribution >= 0.6 is 11.3 Å². The van der Waals surface area contributed by atoms with Crippen LogP contribution in [-0.4, -0.2) is 41.5 Å². The Kier molecular flexibility index (Phi) is 3.45. The number of rotatable bonds is 3. The van der Waals surface area contributed by atoms with E-state index in [1.807, 2.05) is 11.8 Å². The molecule has 1 aliphatic heterocycles. The molecule has 1 saturated heterocycles. The Morgan fingerprint density at radius 1 is 1.58 bits per heavy atom. The predicted molar refractivity (Wildman–Crippen MR) is 76.4 cm³/mol. The third-order valence-corrected chi connectivity index (χ3v) is 5.19. The summed E-state index contributed by atoms with van der Waals surface area (Å²) in [5, 5.41) is 3.96. The molecule has 5 nitrogen and oxygen atoms in total. The molecular weight excluding hydrogens is 260 g/mol. The lowest BCUT2D eigenvalue weighted by Crippen LogP contribution is -2.33. The van der Waals surface area contributed by atoms with Gasteiger partial charge in [0.05, 0.1) is 6.20 Å². The zero-order valence-corrected chi connectivity index (χ0v) is 11.9. The third-order valence-electron chi connectivity index (χ3n) is 4.24. The van der Waals surface area contributed by atoms with Gasteiger partial charge in [-0.15, -0.1) is 0 Å². The molecule has 1 aliphatic carbocycles. The summed E-state index contributed by atoms with van der Waals surface area (Å²) in [6.07, 6.45) is 3.96. The van der Waals surface area contributed by atoms with Gasteiger partial charge in [0, 0.05) is 25.7 Å². The van der Waals surface area contributed by atoms with Crippen LogP contribution in [0.25, 0.3) is 0 Å². The van der Waals surface area contributed by atoms with E-state index < -0.39 is 0 Å². The molecule has 6 heteroatoms. The summed E-state index contributed by atoms with van der Waals surface area (Å²) in [5.74, 6) is 1.23. The molecule has 2 aliphatic rings. The normalized spacial score (nSPS) is 29.6. The van der Waals surface area contributed by atoms with E-state index in [1.54, 1.807) is 6.20 Å². The minimum atomic E-state index is 0.114. The third kappa shape index (κ3) is 2.34. The molecule has 2 fully saturated rings. The highest BCUT2D eigenvalue weighted by atomic mass is 32.1. The molecule has 3 unspecified atom stereocenters. The van der Waals surface area contributed by atoms with Crippen LogP contribution in [0.5, 0.6) is 0 Å². The first-order chi connectivity index (χ1) is 9.19. The number of hydrogen-bond acceptors (Lipinski definition) is 5. The van der Waals surface area contributed by atoms with Crippen LogP contribution in [0.2, 0.25) is 0 Å². The maximum absolute atomic E-state index is 12.4. The Morgan fingerprint density at radius 2 is 2.42 bits per heavy atom. The molecule has 1 amide bonds. The highest BCUT2D eigenvalue weighted by molar-refractivity contribution is 7.17. The standard InChI is InChI=1S/C13H20N4OS/c1-2-15-13-16-5-11(19-13)12(18)17-6-8-3-4-10(14)9(8)7-17/h5,8-10H,2-4,6-7,14H2,1H3,(H,15,16). The van der Waals surface area contributed by atoms with Crippen LogP contribution in [-0.2, 0) is 0 Å². The fourth-order valence-electron chi connectivity index (χ4n) is 3.24. The van der Waals surface area contributed by atoms with E-state index in [1.165, 1.54) is 17.8 Å². The van der Waals surface area contributed by atoms with Crippen molar-refractivity contribution in [2.24, 2.45) is 17.6 Å². The van der Waals surface area contributed by atoms with Crippen molar-refractivity contribution in [1.82, 2.24) is 9.88 Å². The van der Waals surface area contributed by atoms with Crippen molar-refractivity contribution in [1.29, 1.82) is 0 Å². The van der Waals surface area contributed by atoms with Gasteiger partial charge >= 0.3 is 0 Å². The lowest BCUT2D eigenvalue weighted by molar-refractivity contribution is 0.0784. The van der Waals surface area contributed by atoms with Crippen molar-refractivity contribution >= 4 is 22.4 Å². The Labute approximate surface area is 117 Å². The number of anilines is 1. The molecule has 1 aromatic heterocycles. The summed E-state index contributed by atoms with van der Waals surface area (Å²) in [4.78, 5) is 19.3. The van der Waals surface area contributed by atoms with E-state index in [4.69, 9.17) is 5.73 Å². The number of carbonyl (C=O) groups is 1. The summed E-state index contributed by atoms with van der Waals surface area (Å²) in [7, 11) is 0. The quantitative estimate of drug-likeness (QED) is 0.877. The number of nitrogens with one attached hydrogen (secondary N) is 1. The maximum atomic E-state index is 12.4. The Morgan fingerprint density at radius 3 is 3.16 bits per heavy atom. The van der Waals surface area contributed by atoms with E-state index >= 15 is 0 Å². The van der Waals surface area contributed by atoms with Gasteiger partial charge in [0.15, 0.2) is 5.13 Å². The number of likely N-dealkylation sites (tertiary alicyclic amines) is 1. The van der Waals surface area contributed by atoms with Gasteiger partial charge in [-0.2, -0.15) is 0 Å². The number of nitrogens with zero attached hydrogens (tertiary/aromatic N) is 2. The van der Waals surface area contributed by atoms with Crippen molar-refractivity contribution in [3.63, 3.8) is 0 Å². The SMILES string of the molecule is CCNc1ncc(C(=O)N2CC3CCC(N)C3C2)s1. The van der Waals surface area contributed by atoms with Crippen LogP contribution in [0.4, 0.5) is 5.13 Å². The Hall–Kier alpha value is -1.14. The molecule has 3 atom stereocenters. The van der Waals surface area contributed by atoms with Crippen molar-refractivity contribution < 1.29 is 4.79 Å². The van der Waals surface area contributed by atoms with E-state index in [0.29, 0.717) is 11.8 Å². The minimum Gasteiger partial charge on any atom is -0.362 e. The van der Waals surface area contributed by atoms with Crippen LogP contribution in [0.15, 0.2) is 6.20 Å². The molecular formula is C13H20N4OS. The number of amides is 1. The monoisotopic (exact) mass is 280 g/mol. The van der Waals surface area contributed by atoms with Gasteiger partial charge in [0.25, 0.3) is 5.91 Å². The second-order valence-electron chi connectivity index (χ2n) is 5.44. The van der Waals surface area contributed by atoms with E-state index in [2.05, 4.69) is 10.3 Å². The lowest BCUT2D eigenvalue weighted by atomic mass is 9.98. The molecule has 1 saturated carbocycles. The second-order valence-corrected chi connectivity index (χ2v) is 6.47. The van der Waals surface area contributed by atoms with Crippen LogP contribution in [0.1, 0.15) is 29.4 Å². The van der Waals surface area contributed by atoms with Crippen molar-refractivity contribution in [3.8, 4) is 0 Å². The molecule has 0 bridgehead atoms. The summed E-state index contributed by atoms with van der Waals surface area (Å²) < 4.78 is 0. The van der Waals surface area contributed by atoms with Gasteiger partial charge in [0.1, 0.15) is 4.88 Å². The van der Waals surface area contributed by atoms with Crippen molar-refractivity contribution in [2.45, 2.75) is 25.8 Å². The maximum Gasteiger partial charge on any atom is 0.265 e. The zero-order valence-electron chi connectivity index (χ0n) is 11.1. The molecule has 3 N–H and O–H groups in total. The molecule has 3 rings (SSSR count). The second kappa shape index (κ2) is 5.09. The molecule has 2 heterocycles. The van der Waals surface area contributed by atoms with Gasteiger partial charge in [0.2, 0.25) is 0 Å². The largest absolute Gasteiger partial charge is 0.362 e. The van der Waals surface area contributed by atoms with E-state index in [-0.39, 0.29) is 11.9 Å². The summed E-state index contributed by atoms with van der Waals surface area (Å²) >= 11 is 1.44. The average Bonchev–Trinajstić information content (AvgIpc) is 3.07. The lowest BCUT2D eigenvalue weighted by Gasteiger charge is -2.17. The summed E-state index contributed by atoms with van der Waals surface area (Å²) in [6, 6.07) is 0.279. The van der Waals surface area contributed by atoms with Gasteiger partial charge in [-0.05, 0) is 31.6 Å².